The molecule has 0 amide bonds. The van der Waals surface area contributed by atoms with Crippen LogP contribution in [0.4, 0.5) is 0 Å². The summed E-state index contributed by atoms with van der Waals surface area (Å²) in [6.45, 7) is 3.46. The van der Waals surface area contributed by atoms with Gasteiger partial charge in [-0.2, -0.15) is 0 Å². The fourth-order valence-electron chi connectivity index (χ4n) is 1.94. The van der Waals surface area contributed by atoms with Crippen molar-refractivity contribution in [3.8, 4) is 11.5 Å². The standard InChI is InChI=1S/C14H21NO4.ClH/c1-14(2,13(16)19-5)12(15)11-9(17-3)7-6-8-10(11)18-4;/h6-8,12H,15H2,1-5H3;1H/t12-;/m1./s1. The van der Waals surface area contributed by atoms with E-state index in [0.29, 0.717) is 17.1 Å². The van der Waals surface area contributed by atoms with Crippen molar-refractivity contribution in [3.63, 3.8) is 0 Å². The van der Waals surface area contributed by atoms with Crippen molar-refractivity contribution in [2.45, 2.75) is 19.9 Å². The number of carbonyl (C=O) groups excluding carboxylic acids is 1. The van der Waals surface area contributed by atoms with Gasteiger partial charge in [-0.05, 0) is 26.0 Å². The number of nitrogens with two attached hydrogens (primary N) is 1. The average Bonchev–Trinajstić information content (AvgIpc) is 2.44. The minimum absolute atomic E-state index is 0. The van der Waals surface area contributed by atoms with Crippen LogP contribution in [0.3, 0.4) is 0 Å². The first-order valence-electron chi connectivity index (χ1n) is 5.95. The Morgan fingerprint density at radius 2 is 1.60 bits per heavy atom. The van der Waals surface area contributed by atoms with E-state index in [-0.39, 0.29) is 18.4 Å². The van der Waals surface area contributed by atoms with E-state index in [2.05, 4.69) is 0 Å². The monoisotopic (exact) mass is 303 g/mol. The molecule has 0 bridgehead atoms. The van der Waals surface area contributed by atoms with E-state index >= 15 is 0 Å². The topological polar surface area (TPSA) is 70.8 Å². The van der Waals surface area contributed by atoms with Crippen LogP contribution in [-0.2, 0) is 9.53 Å². The molecular weight excluding hydrogens is 282 g/mol. The van der Waals surface area contributed by atoms with E-state index in [4.69, 9.17) is 19.9 Å². The highest BCUT2D eigenvalue weighted by molar-refractivity contribution is 5.85. The lowest BCUT2D eigenvalue weighted by molar-refractivity contribution is -0.152. The minimum Gasteiger partial charge on any atom is -0.496 e. The predicted molar refractivity (Wildman–Crippen MR) is 79.5 cm³/mol. The van der Waals surface area contributed by atoms with Gasteiger partial charge >= 0.3 is 5.97 Å². The Kier molecular flexibility index (Phi) is 6.82. The first kappa shape index (κ1) is 18.5. The molecule has 0 unspecified atom stereocenters. The number of rotatable bonds is 5. The zero-order valence-corrected chi connectivity index (χ0v) is 13.2. The highest BCUT2D eigenvalue weighted by Crippen LogP contribution is 2.41. The molecule has 6 heteroatoms. The molecule has 0 radical (unpaired) electrons. The third kappa shape index (κ3) is 3.35. The number of benzene rings is 1. The van der Waals surface area contributed by atoms with Crippen molar-refractivity contribution in [3.05, 3.63) is 23.8 Å². The maximum Gasteiger partial charge on any atom is 0.313 e. The van der Waals surface area contributed by atoms with Gasteiger partial charge in [0.05, 0.1) is 38.3 Å². The number of ether oxygens (including phenoxy) is 3. The zero-order chi connectivity index (χ0) is 14.6. The van der Waals surface area contributed by atoms with Gasteiger partial charge in [-0.3, -0.25) is 4.79 Å². The summed E-state index contributed by atoms with van der Waals surface area (Å²) in [5.74, 6) is 0.792. The van der Waals surface area contributed by atoms with Gasteiger partial charge in [0, 0.05) is 0 Å². The number of hydrogen-bond acceptors (Lipinski definition) is 5. The Labute approximate surface area is 125 Å². The molecule has 1 atom stereocenters. The number of esters is 1. The molecule has 1 aromatic rings. The van der Waals surface area contributed by atoms with E-state index in [0.717, 1.165) is 0 Å². The Morgan fingerprint density at radius 3 is 1.95 bits per heavy atom. The van der Waals surface area contributed by atoms with Gasteiger partial charge in [-0.15, -0.1) is 12.4 Å². The third-order valence-electron chi connectivity index (χ3n) is 3.27. The van der Waals surface area contributed by atoms with Crippen molar-refractivity contribution >= 4 is 18.4 Å². The van der Waals surface area contributed by atoms with E-state index in [1.54, 1.807) is 46.3 Å². The minimum atomic E-state index is -0.892. The molecule has 1 rings (SSSR count). The van der Waals surface area contributed by atoms with Gasteiger partial charge in [0.15, 0.2) is 0 Å². The number of hydrogen-bond donors (Lipinski definition) is 1. The van der Waals surface area contributed by atoms with Gasteiger partial charge in [-0.1, -0.05) is 6.07 Å². The van der Waals surface area contributed by atoms with Crippen molar-refractivity contribution in [1.82, 2.24) is 0 Å². The van der Waals surface area contributed by atoms with Crippen molar-refractivity contribution in [2.24, 2.45) is 11.1 Å². The van der Waals surface area contributed by atoms with Crippen LogP contribution >= 0.6 is 12.4 Å². The summed E-state index contributed by atoms with van der Waals surface area (Å²) in [5.41, 5.74) is 6.00. The van der Waals surface area contributed by atoms with Crippen LogP contribution in [0, 0.1) is 5.41 Å². The van der Waals surface area contributed by atoms with Crippen LogP contribution in [0.15, 0.2) is 18.2 Å². The summed E-state index contributed by atoms with van der Waals surface area (Å²) in [7, 11) is 4.45. The number of halogens is 1. The maximum atomic E-state index is 11.9. The van der Waals surface area contributed by atoms with Crippen LogP contribution in [0.1, 0.15) is 25.5 Å². The Bertz CT molecular complexity index is 440. The fourth-order valence-corrected chi connectivity index (χ4v) is 1.94. The maximum absolute atomic E-state index is 11.9. The lowest BCUT2D eigenvalue weighted by Gasteiger charge is -2.30. The Hall–Kier alpha value is -1.46. The Balaban J connectivity index is 0.00000361. The fraction of sp³-hybridized carbons (Fsp3) is 0.500. The summed E-state index contributed by atoms with van der Waals surface area (Å²) in [5, 5.41) is 0. The van der Waals surface area contributed by atoms with Crippen LogP contribution in [0.2, 0.25) is 0 Å². The van der Waals surface area contributed by atoms with Gasteiger partial charge in [-0.25, -0.2) is 0 Å². The van der Waals surface area contributed by atoms with Crippen LogP contribution in [-0.4, -0.2) is 27.3 Å². The summed E-state index contributed by atoms with van der Waals surface area (Å²) >= 11 is 0. The Morgan fingerprint density at radius 1 is 1.15 bits per heavy atom. The number of carbonyl (C=O) groups is 1. The largest absolute Gasteiger partial charge is 0.496 e. The molecule has 0 aliphatic rings. The molecule has 2 N–H and O–H groups in total. The first-order chi connectivity index (χ1) is 8.89. The van der Waals surface area contributed by atoms with E-state index in [9.17, 15) is 4.79 Å². The second-order valence-corrected chi connectivity index (χ2v) is 4.77. The smallest absolute Gasteiger partial charge is 0.313 e. The van der Waals surface area contributed by atoms with E-state index < -0.39 is 11.5 Å². The van der Waals surface area contributed by atoms with Crippen molar-refractivity contribution in [2.75, 3.05) is 21.3 Å². The lowest BCUT2D eigenvalue weighted by Crippen LogP contribution is -2.37. The van der Waals surface area contributed by atoms with E-state index in [1.807, 2.05) is 0 Å². The molecule has 0 aliphatic carbocycles. The molecule has 1 aromatic carbocycles. The second-order valence-electron chi connectivity index (χ2n) is 4.77. The van der Waals surface area contributed by atoms with Crippen molar-refractivity contribution in [1.29, 1.82) is 0 Å². The van der Waals surface area contributed by atoms with Gasteiger partial charge in [0.1, 0.15) is 11.5 Å². The third-order valence-corrected chi connectivity index (χ3v) is 3.27. The summed E-state index contributed by atoms with van der Waals surface area (Å²) < 4.78 is 15.4. The van der Waals surface area contributed by atoms with Gasteiger partial charge in [0.2, 0.25) is 0 Å². The summed E-state index contributed by atoms with van der Waals surface area (Å²) in [6, 6.07) is 4.76. The van der Waals surface area contributed by atoms with Crippen LogP contribution < -0.4 is 15.2 Å². The quantitative estimate of drug-likeness (QED) is 0.845. The van der Waals surface area contributed by atoms with Crippen LogP contribution in [0.5, 0.6) is 11.5 Å². The SMILES string of the molecule is COC(=O)C(C)(C)[C@H](N)c1c(OC)cccc1OC.Cl. The average molecular weight is 304 g/mol. The molecule has 0 spiro atoms. The normalized spacial score (nSPS) is 12.1. The zero-order valence-electron chi connectivity index (χ0n) is 12.4. The lowest BCUT2D eigenvalue weighted by atomic mass is 9.80. The van der Waals surface area contributed by atoms with Gasteiger partial charge in [0.25, 0.3) is 0 Å². The van der Waals surface area contributed by atoms with Gasteiger partial charge < -0.3 is 19.9 Å². The molecule has 5 nitrogen and oxygen atoms in total. The number of methoxy groups -OCH3 is 3. The molecule has 0 aromatic heterocycles. The van der Waals surface area contributed by atoms with Crippen LogP contribution in [0.25, 0.3) is 0 Å². The summed E-state index contributed by atoms with van der Waals surface area (Å²) in [4.78, 5) is 11.9. The van der Waals surface area contributed by atoms with Crippen molar-refractivity contribution < 1.29 is 19.0 Å². The molecule has 0 fully saturated rings. The molecular formula is C14H22ClNO4. The molecule has 0 heterocycles. The highest BCUT2D eigenvalue weighted by Gasteiger charge is 2.39. The molecule has 20 heavy (non-hydrogen) atoms. The summed E-state index contributed by atoms with van der Waals surface area (Å²) in [6.07, 6.45) is 0. The first-order valence-corrected chi connectivity index (χ1v) is 5.95. The predicted octanol–water partition coefficient (Wildman–Crippen LogP) is 2.32. The highest BCUT2D eigenvalue weighted by atomic mass is 35.5. The molecule has 0 saturated carbocycles. The second kappa shape index (κ2) is 7.36. The molecule has 0 aliphatic heterocycles. The molecule has 0 saturated heterocycles. The van der Waals surface area contributed by atoms with E-state index in [1.165, 1.54) is 7.11 Å². The molecule has 114 valence electrons.